The van der Waals surface area contributed by atoms with Gasteiger partial charge in [0, 0.05) is 6.42 Å². The molecule has 1 atom stereocenters. The van der Waals surface area contributed by atoms with Gasteiger partial charge in [-0.25, -0.2) is 0 Å². The third-order valence-corrected chi connectivity index (χ3v) is 3.74. The van der Waals surface area contributed by atoms with Gasteiger partial charge in [-0.2, -0.15) is 0 Å². The molecule has 1 aliphatic heterocycles. The average molecular weight is 273 g/mol. The Bertz CT molecular complexity index is 577. The third kappa shape index (κ3) is 2.41. The van der Waals surface area contributed by atoms with E-state index < -0.39 is 0 Å². The summed E-state index contributed by atoms with van der Waals surface area (Å²) in [6.07, 6.45) is 1.81. The van der Waals surface area contributed by atoms with E-state index in [2.05, 4.69) is 33.8 Å². The van der Waals surface area contributed by atoms with E-state index in [0.29, 0.717) is 12.6 Å². The molecule has 0 saturated carbocycles. The van der Waals surface area contributed by atoms with Crippen LogP contribution in [0.1, 0.15) is 36.6 Å². The van der Waals surface area contributed by atoms with Gasteiger partial charge in [-0.15, -0.1) is 10.2 Å². The highest BCUT2D eigenvalue weighted by Crippen LogP contribution is 2.24. The van der Waals surface area contributed by atoms with Crippen molar-refractivity contribution in [2.75, 3.05) is 13.7 Å². The fourth-order valence-electron chi connectivity index (χ4n) is 2.59. The van der Waals surface area contributed by atoms with Gasteiger partial charge in [0.05, 0.1) is 19.8 Å². The zero-order chi connectivity index (χ0) is 13.9. The molecule has 1 unspecified atom stereocenters. The van der Waals surface area contributed by atoms with E-state index in [4.69, 9.17) is 9.47 Å². The van der Waals surface area contributed by atoms with Crippen molar-refractivity contribution in [2.45, 2.75) is 32.4 Å². The molecule has 0 amide bonds. The Morgan fingerprint density at radius 2 is 2.10 bits per heavy atom. The maximum absolute atomic E-state index is 5.55. The number of nitrogens with zero attached hydrogens (tertiary/aromatic N) is 3. The quantitative estimate of drug-likeness (QED) is 0.858. The van der Waals surface area contributed by atoms with E-state index >= 15 is 0 Å². The molecule has 106 valence electrons. The number of ether oxygens (including phenoxy) is 2. The number of hydrogen-bond donors (Lipinski definition) is 0. The second-order valence-electron chi connectivity index (χ2n) is 5.00. The van der Waals surface area contributed by atoms with Crippen molar-refractivity contribution in [3.63, 3.8) is 0 Å². The molecule has 0 bridgehead atoms. The van der Waals surface area contributed by atoms with Gasteiger partial charge in [-0.05, 0) is 24.1 Å². The molecule has 0 fully saturated rings. The second kappa shape index (κ2) is 5.63. The first-order valence-electron chi connectivity index (χ1n) is 6.95. The van der Waals surface area contributed by atoms with Crippen molar-refractivity contribution >= 4 is 0 Å². The predicted octanol–water partition coefficient (Wildman–Crippen LogP) is 2.36. The topological polar surface area (TPSA) is 49.2 Å². The van der Waals surface area contributed by atoms with Crippen LogP contribution in [-0.2, 0) is 17.8 Å². The number of methoxy groups -OCH3 is 1. The van der Waals surface area contributed by atoms with Crippen LogP contribution in [0.2, 0.25) is 0 Å². The number of aromatic nitrogens is 3. The molecule has 5 nitrogen and oxygen atoms in total. The Balaban J connectivity index is 1.85. The van der Waals surface area contributed by atoms with Gasteiger partial charge in [-0.1, -0.05) is 19.1 Å². The summed E-state index contributed by atoms with van der Waals surface area (Å²) < 4.78 is 13.0. The van der Waals surface area contributed by atoms with E-state index in [1.165, 1.54) is 5.56 Å². The van der Waals surface area contributed by atoms with Crippen molar-refractivity contribution in [1.82, 2.24) is 14.8 Å². The monoisotopic (exact) mass is 273 g/mol. The lowest BCUT2D eigenvalue weighted by Crippen LogP contribution is -2.25. The van der Waals surface area contributed by atoms with Gasteiger partial charge in [0.2, 0.25) is 0 Å². The average Bonchev–Trinajstić information content (AvgIpc) is 2.91. The summed E-state index contributed by atoms with van der Waals surface area (Å²) in [6.45, 7) is 3.48. The zero-order valence-corrected chi connectivity index (χ0v) is 11.9. The van der Waals surface area contributed by atoms with Gasteiger partial charge < -0.3 is 14.0 Å². The zero-order valence-electron chi connectivity index (χ0n) is 11.9. The largest absolute Gasteiger partial charge is 0.497 e. The summed E-state index contributed by atoms with van der Waals surface area (Å²) >= 11 is 0. The summed E-state index contributed by atoms with van der Waals surface area (Å²) in [5.41, 5.74) is 1.21. The molecule has 0 aliphatic carbocycles. The first kappa shape index (κ1) is 13.1. The minimum Gasteiger partial charge on any atom is -0.497 e. The molecule has 2 aromatic rings. The van der Waals surface area contributed by atoms with E-state index in [9.17, 15) is 0 Å². The van der Waals surface area contributed by atoms with Gasteiger partial charge in [-0.3, -0.25) is 0 Å². The molecule has 0 radical (unpaired) electrons. The first-order chi connectivity index (χ1) is 9.81. The Morgan fingerprint density at radius 3 is 2.80 bits per heavy atom. The van der Waals surface area contributed by atoms with Crippen molar-refractivity contribution in [1.29, 1.82) is 0 Å². The van der Waals surface area contributed by atoms with Crippen molar-refractivity contribution in [3.8, 4) is 5.75 Å². The SMILES string of the molecule is CCC1COCc2nnc(Cc3ccc(OC)cc3)n21. The van der Waals surface area contributed by atoms with E-state index in [-0.39, 0.29) is 0 Å². The smallest absolute Gasteiger partial charge is 0.159 e. The molecule has 1 aliphatic rings. The van der Waals surface area contributed by atoms with E-state index in [1.54, 1.807) is 7.11 Å². The van der Waals surface area contributed by atoms with Crippen LogP contribution in [0, 0.1) is 0 Å². The van der Waals surface area contributed by atoms with Crippen LogP contribution in [0.15, 0.2) is 24.3 Å². The van der Waals surface area contributed by atoms with E-state index in [0.717, 1.165) is 36.8 Å². The molecule has 0 saturated heterocycles. The Morgan fingerprint density at radius 1 is 1.30 bits per heavy atom. The molecular formula is C15H19N3O2. The highest BCUT2D eigenvalue weighted by atomic mass is 16.5. The summed E-state index contributed by atoms with van der Waals surface area (Å²) in [7, 11) is 1.68. The summed E-state index contributed by atoms with van der Waals surface area (Å²) in [6, 6.07) is 8.44. The maximum Gasteiger partial charge on any atom is 0.159 e. The standard InChI is InChI=1S/C15H19N3O2/c1-3-12-9-20-10-15-17-16-14(18(12)15)8-11-4-6-13(19-2)7-5-11/h4-7,12H,3,8-10H2,1-2H3. The number of hydrogen-bond acceptors (Lipinski definition) is 4. The minimum atomic E-state index is 0.349. The van der Waals surface area contributed by atoms with Gasteiger partial charge in [0.15, 0.2) is 5.82 Å². The Kier molecular flexibility index (Phi) is 3.69. The molecule has 0 N–H and O–H groups in total. The van der Waals surface area contributed by atoms with Crippen LogP contribution in [0.5, 0.6) is 5.75 Å². The van der Waals surface area contributed by atoms with Crippen LogP contribution in [0.4, 0.5) is 0 Å². The molecule has 0 spiro atoms. The maximum atomic E-state index is 5.55. The summed E-state index contributed by atoms with van der Waals surface area (Å²) in [5.74, 6) is 2.82. The Hall–Kier alpha value is -1.88. The first-order valence-corrected chi connectivity index (χ1v) is 6.95. The predicted molar refractivity (Wildman–Crippen MR) is 74.8 cm³/mol. The fraction of sp³-hybridized carbons (Fsp3) is 0.467. The Labute approximate surface area is 118 Å². The molecule has 5 heteroatoms. The van der Waals surface area contributed by atoms with Gasteiger partial charge in [0.25, 0.3) is 0 Å². The molecule has 3 rings (SSSR count). The van der Waals surface area contributed by atoms with Crippen LogP contribution in [-0.4, -0.2) is 28.5 Å². The number of fused-ring (bicyclic) bond motifs is 1. The molecule has 1 aromatic carbocycles. The lowest BCUT2D eigenvalue weighted by atomic mass is 10.1. The second-order valence-corrected chi connectivity index (χ2v) is 5.00. The van der Waals surface area contributed by atoms with Gasteiger partial charge >= 0.3 is 0 Å². The minimum absolute atomic E-state index is 0.349. The summed E-state index contributed by atoms with van der Waals surface area (Å²) in [5, 5.41) is 8.58. The van der Waals surface area contributed by atoms with Crippen LogP contribution >= 0.6 is 0 Å². The molecule has 1 aromatic heterocycles. The number of rotatable bonds is 4. The third-order valence-electron chi connectivity index (χ3n) is 3.74. The van der Waals surface area contributed by atoms with Gasteiger partial charge in [0.1, 0.15) is 18.2 Å². The van der Waals surface area contributed by atoms with Crippen LogP contribution in [0.25, 0.3) is 0 Å². The van der Waals surface area contributed by atoms with Crippen LogP contribution < -0.4 is 4.74 Å². The van der Waals surface area contributed by atoms with E-state index in [1.807, 2.05) is 12.1 Å². The molecule has 2 heterocycles. The van der Waals surface area contributed by atoms with Crippen molar-refractivity contribution < 1.29 is 9.47 Å². The highest BCUT2D eigenvalue weighted by Gasteiger charge is 2.23. The molecule has 20 heavy (non-hydrogen) atoms. The lowest BCUT2D eigenvalue weighted by molar-refractivity contribution is 0.0525. The van der Waals surface area contributed by atoms with Crippen molar-refractivity contribution in [3.05, 3.63) is 41.5 Å². The fourth-order valence-corrected chi connectivity index (χ4v) is 2.59. The summed E-state index contributed by atoms with van der Waals surface area (Å²) in [4.78, 5) is 0. The van der Waals surface area contributed by atoms with Crippen LogP contribution in [0.3, 0.4) is 0 Å². The highest BCUT2D eigenvalue weighted by molar-refractivity contribution is 5.29. The van der Waals surface area contributed by atoms with Crippen molar-refractivity contribution in [2.24, 2.45) is 0 Å². The normalized spacial score (nSPS) is 17.8. The number of benzene rings is 1. The molecular weight excluding hydrogens is 254 g/mol. The lowest BCUT2D eigenvalue weighted by Gasteiger charge is -2.25.